The molecule has 0 aromatic heterocycles. The van der Waals surface area contributed by atoms with Crippen molar-refractivity contribution in [2.24, 2.45) is 16.1 Å². The molecule has 0 amide bonds. The lowest BCUT2D eigenvalue weighted by atomic mass is 9.83. The number of aliphatic imine (C=N–C) groups is 1. The summed E-state index contributed by atoms with van der Waals surface area (Å²) in [7, 11) is 1.65. The minimum Gasteiger partial charge on any atom is -0.497 e. The van der Waals surface area contributed by atoms with Crippen LogP contribution in [-0.2, 0) is 4.74 Å². The predicted octanol–water partition coefficient (Wildman–Crippen LogP) is 4.03. The third-order valence-corrected chi connectivity index (χ3v) is 4.57. The van der Waals surface area contributed by atoms with Crippen LogP contribution in [0.15, 0.2) is 29.3 Å². The largest absolute Gasteiger partial charge is 0.497 e. The van der Waals surface area contributed by atoms with Crippen LogP contribution in [0.4, 0.5) is 5.69 Å². The first-order valence-electron chi connectivity index (χ1n) is 8.46. The molecule has 0 heterocycles. The molecular weight excluding hydrogens is 417 g/mol. The zero-order valence-corrected chi connectivity index (χ0v) is 17.0. The Morgan fingerprint density at radius 2 is 2.08 bits per heavy atom. The average molecular weight is 447 g/mol. The molecule has 1 fully saturated rings. The molecule has 0 bridgehead atoms. The monoisotopic (exact) mass is 447 g/mol. The van der Waals surface area contributed by atoms with Crippen LogP contribution < -0.4 is 15.8 Å². The van der Waals surface area contributed by atoms with Gasteiger partial charge in [0, 0.05) is 31.5 Å². The molecule has 0 saturated heterocycles. The molecule has 3 N–H and O–H groups in total. The van der Waals surface area contributed by atoms with E-state index in [2.05, 4.69) is 10.3 Å². The molecule has 24 heavy (non-hydrogen) atoms. The highest BCUT2D eigenvalue weighted by atomic mass is 127. The molecule has 0 radical (unpaired) electrons. The van der Waals surface area contributed by atoms with Crippen LogP contribution in [0.3, 0.4) is 0 Å². The van der Waals surface area contributed by atoms with Gasteiger partial charge in [0.05, 0.1) is 7.11 Å². The Balaban J connectivity index is 0.00000288. The molecule has 0 spiro atoms. The summed E-state index contributed by atoms with van der Waals surface area (Å²) in [4.78, 5) is 4.59. The van der Waals surface area contributed by atoms with Gasteiger partial charge in [0.2, 0.25) is 0 Å². The molecule has 1 aliphatic rings. The molecule has 1 aromatic carbocycles. The van der Waals surface area contributed by atoms with Crippen molar-refractivity contribution in [1.82, 2.24) is 0 Å². The molecule has 2 rings (SSSR count). The molecule has 0 unspecified atom stereocenters. The fourth-order valence-corrected chi connectivity index (χ4v) is 3.19. The first-order valence-corrected chi connectivity index (χ1v) is 8.46. The van der Waals surface area contributed by atoms with Crippen LogP contribution >= 0.6 is 24.0 Å². The van der Waals surface area contributed by atoms with Crippen LogP contribution in [0, 0.1) is 5.41 Å². The standard InChI is InChI=1S/C18H29N3O2.HI/c1-3-23-12-11-18(9-4-5-10-18)14-20-17(19)21-15-7-6-8-16(13-15)22-2;/h6-8,13H,3-5,9-12,14H2,1-2H3,(H3,19,20,21);1H. The van der Waals surface area contributed by atoms with Gasteiger partial charge in [0.25, 0.3) is 0 Å². The number of halogens is 1. The summed E-state index contributed by atoms with van der Waals surface area (Å²) >= 11 is 0. The highest BCUT2D eigenvalue weighted by molar-refractivity contribution is 14.0. The highest BCUT2D eigenvalue weighted by Gasteiger charge is 2.33. The van der Waals surface area contributed by atoms with Crippen LogP contribution in [0.1, 0.15) is 39.0 Å². The van der Waals surface area contributed by atoms with Gasteiger partial charge in [-0.1, -0.05) is 18.9 Å². The van der Waals surface area contributed by atoms with E-state index in [1.807, 2.05) is 31.2 Å². The minimum atomic E-state index is 0. The Labute approximate surface area is 162 Å². The van der Waals surface area contributed by atoms with E-state index >= 15 is 0 Å². The van der Waals surface area contributed by atoms with Crippen molar-refractivity contribution >= 4 is 35.6 Å². The van der Waals surface area contributed by atoms with Crippen molar-refractivity contribution < 1.29 is 9.47 Å². The maximum atomic E-state index is 6.06. The second-order valence-electron chi connectivity index (χ2n) is 6.21. The van der Waals surface area contributed by atoms with Crippen molar-refractivity contribution in [1.29, 1.82) is 0 Å². The summed E-state index contributed by atoms with van der Waals surface area (Å²) in [5.74, 6) is 1.26. The van der Waals surface area contributed by atoms with E-state index in [0.717, 1.165) is 37.6 Å². The summed E-state index contributed by atoms with van der Waals surface area (Å²) < 4.78 is 10.8. The summed E-state index contributed by atoms with van der Waals surface area (Å²) in [6, 6.07) is 7.68. The van der Waals surface area contributed by atoms with Crippen LogP contribution in [0.5, 0.6) is 5.75 Å². The highest BCUT2D eigenvalue weighted by Crippen LogP contribution is 2.41. The average Bonchev–Trinajstić information content (AvgIpc) is 3.03. The second-order valence-corrected chi connectivity index (χ2v) is 6.21. The van der Waals surface area contributed by atoms with E-state index in [-0.39, 0.29) is 29.4 Å². The number of nitrogens with one attached hydrogen (secondary N) is 1. The van der Waals surface area contributed by atoms with E-state index < -0.39 is 0 Å². The fourth-order valence-electron chi connectivity index (χ4n) is 3.19. The van der Waals surface area contributed by atoms with Gasteiger partial charge in [0.15, 0.2) is 5.96 Å². The van der Waals surface area contributed by atoms with Crippen molar-refractivity contribution in [3.63, 3.8) is 0 Å². The van der Waals surface area contributed by atoms with Crippen molar-refractivity contribution in [2.45, 2.75) is 39.0 Å². The van der Waals surface area contributed by atoms with Crippen LogP contribution in [-0.4, -0.2) is 32.8 Å². The molecule has 5 nitrogen and oxygen atoms in total. The van der Waals surface area contributed by atoms with Crippen LogP contribution in [0.2, 0.25) is 0 Å². The zero-order chi connectivity index (χ0) is 16.5. The van der Waals surface area contributed by atoms with Crippen molar-refractivity contribution in [3.05, 3.63) is 24.3 Å². The summed E-state index contributed by atoms with van der Waals surface area (Å²) in [5.41, 5.74) is 7.20. The molecule has 1 aliphatic carbocycles. The molecule has 1 saturated carbocycles. The number of ether oxygens (including phenoxy) is 2. The fraction of sp³-hybridized carbons (Fsp3) is 0.611. The SMILES string of the molecule is CCOCCC1(CN=C(N)Nc2cccc(OC)c2)CCCC1.I. The normalized spacial score (nSPS) is 16.5. The molecule has 136 valence electrons. The Morgan fingerprint density at radius 3 is 2.75 bits per heavy atom. The van der Waals surface area contributed by atoms with Gasteiger partial charge in [-0.3, -0.25) is 4.99 Å². The predicted molar refractivity (Wildman–Crippen MR) is 111 cm³/mol. The Morgan fingerprint density at radius 1 is 1.33 bits per heavy atom. The van der Waals surface area contributed by atoms with Gasteiger partial charge in [-0.25, -0.2) is 0 Å². The molecule has 0 atom stereocenters. The Hall–Kier alpha value is -1.02. The number of hydrogen-bond acceptors (Lipinski definition) is 3. The number of anilines is 1. The smallest absolute Gasteiger partial charge is 0.193 e. The third kappa shape index (κ3) is 6.47. The zero-order valence-electron chi connectivity index (χ0n) is 14.7. The van der Waals surface area contributed by atoms with E-state index in [4.69, 9.17) is 15.2 Å². The second kappa shape index (κ2) is 10.8. The van der Waals surface area contributed by atoms with Gasteiger partial charge >= 0.3 is 0 Å². The number of nitrogens with two attached hydrogens (primary N) is 1. The lowest BCUT2D eigenvalue weighted by molar-refractivity contribution is 0.107. The number of rotatable bonds is 8. The van der Waals surface area contributed by atoms with Gasteiger partial charge in [-0.2, -0.15) is 0 Å². The third-order valence-electron chi connectivity index (χ3n) is 4.57. The van der Waals surface area contributed by atoms with E-state index in [0.29, 0.717) is 5.96 Å². The number of hydrogen-bond donors (Lipinski definition) is 2. The first-order chi connectivity index (χ1) is 11.2. The minimum absolute atomic E-state index is 0. The summed E-state index contributed by atoms with van der Waals surface area (Å²) in [6.07, 6.45) is 6.07. The number of guanidine groups is 1. The van der Waals surface area contributed by atoms with Gasteiger partial charge in [-0.05, 0) is 43.7 Å². The van der Waals surface area contributed by atoms with Gasteiger partial charge in [0.1, 0.15) is 5.75 Å². The number of benzene rings is 1. The first kappa shape index (κ1) is 21.0. The molecule has 1 aromatic rings. The maximum absolute atomic E-state index is 6.06. The quantitative estimate of drug-likeness (QED) is 0.273. The van der Waals surface area contributed by atoms with Crippen molar-refractivity contribution in [3.8, 4) is 5.75 Å². The lowest BCUT2D eigenvalue weighted by Crippen LogP contribution is -2.28. The van der Waals surface area contributed by atoms with Crippen molar-refractivity contribution in [2.75, 3.05) is 32.2 Å². The van der Waals surface area contributed by atoms with E-state index in [9.17, 15) is 0 Å². The Bertz CT molecular complexity index is 517. The maximum Gasteiger partial charge on any atom is 0.193 e. The summed E-state index contributed by atoms with van der Waals surface area (Å²) in [6.45, 7) is 4.40. The number of nitrogens with zero attached hydrogens (tertiary/aromatic N) is 1. The van der Waals surface area contributed by atoms with E-state index in [1.54, 1.807) is 7.11 Å². The lowest BCUT2D eigenvalue weighted by Gasteiger charge is -2.27. The van der Waals surface area contributed by atoms with Gasteiger partial charge < -0.3 is 20.5 Å². The van der Waals surface area contributed by atoms with Gasteiger partial charge in [-0.15, -0.1) is 24.0 Å². The van der Waals surface area contributed by atoms with E-state index in [1.165, 1.54) is 25.7 Å². The summed E-state index contributed by atoms with van der Waals surface area (Å²) in [5, 5.41) is 3.14. The molecule has 0 aliphatic heterocycles. The Kier molecular flexibility index (Phi) is 9.43. The molecular formula is C18H30IN3O2. The number of methoxy groups -OCH3 is 1. The molecule has 6 heteroatoms. The topological polar surface area (TPSA) is 68.9 Å². The van der Waals surface area contributed by atoms with Crippen LogP contribution in [0.25, 0.3) is 0 Å².